The molecule has 1 aliphatic rings. The number of benzene rings is 1. The van der Waals surface area contributed by atoms with Crippen molar-refractivity contribution in [1.82, 2.24) is 15.1 Å². The fraction of sp³-hybridized carbons (Fsp3) is 0.412. The Morgan fingerprint density at radius 3 is 2.88 bits per heavy atom. The highest BCUT2D eigenvalue weighted by Crippen LogP contribution is 2.19. The van der Waals surface area contributed by atoms with E-state index in [0.717, 1.165) is 30.5 Å². The predicted molar refractivity (Wildman–Crippen MR) is 93.8 cm³/mol. The minimum absolute atomic E-state index is 0. The maximum absolute atomic E-state index is 12.1. The van der Waals surface area contributed by atoms with Gasteiger partial charge >= 0.3 is 0 Å². The Bertz CT molecular complexity index is 648. The third kappa shape index (κ3) is 4.80. The van der Waals surface area contributed by atoms with Crippen LogP contribution >= 0.6 is 12.4 Å². The molecule has 1 aromatic carbocycles. The number of nitrogens with one attached hydrogen (secondary N) is 1. The Morgan fingerprint density at radius 2 is 2.17 bits per heavy atom. The summed E-state index contributed by atoms with van der Waals surface area (Å²) < 4.78 is 7.48. The summed E-state index contributed by atoms with van der Waals surface area (Å²) >= 11 is 0. The van der Waals surface area contributed by atoms with E-state index in [-0.39, 0.29) is 30.5 Å². The van der Waals surface area contributed by atoms with Gasteiger partial charge in [-0.05, 0) is 30.0 Å². The molecule has 0 bridgehead atoms. The summed E-state index contributed by atoms with van der Waals surface area (Å²) in [6.07, 6.45) is 4.94. The third-order valence-corrected chi connectivity index (χ3v) is 4.02. The van der Waals surface area contributed by atoms with E-state index in [1.54, 1.807) is 6.20 Å². The summed E-state index contributed by atoms with van der Waals surface area (Å²) in [5, 5.41) is 7.15. The fourth-order valence-electron chi connectivity index (χ4n) is 2.79. The molecule has 3 N–H and O–H groups in total. The van der Waals surface area contributed by atoms with Crippen LogP contribution < -0.4 is 11.1 Å². The summed E-state index contributed by atoms with van der Waals surface area (Å²) in [7, 11) is 0. The third-order valence-electron chi connectivity index (χ3n) is 4.02. The number of amides is 1. The zero-order valence-corrected chi connectivity index (χ0v) is 14.2. The van der Waals surface area contributed by atoms with Gasteiger partial charge in [-0.3, -0.25) is 9.48 Å². The molecule has 0 unspecified atom stereocenters. The van der Waals surface area contributed by atoms with Crippen LogP contribution in [0.15, 0.2) is 42.7 Å². The van der Waals surface area contributed by atoms with Crippen LogP contribution in [0.1, 0.15) is 24.0 Å². The lowest BCUT2D eigenvalue weighted by Gasteiger charge is -2.13. The number of aromatic nitrogens is 2. The second-order valence-corrected chi connectivity index (χ2v) is 5.80. The molecule has 130 valence electrons. The van der Waals surface area contributed by atoms with Gasteiger partial charge in [-0.15, -0.1) is 12.4 Å². The lowest BCUT2D eigenvalue weighted by Crippen LogP contribution is -2.35. The molecule has 0 radical (unpaired) electrons. The van der Waals surface area contributed by atoms with E-state index in [4.69, 9.17) is 10.5 Å². The largest absolute Gasteiger partial charge is 0.364 e. The van der Waals surface area contributed by atoms with Crippen LogP contribution in [0.4, 0.5) is 0 Å². The number of hydrogen-bond donors (Lipinski definition) is 2. The van der Waals surface area contributed by atoms with E-state index in [2.05, 4.69) is 22.5 Å². The van der Waals surface area contributed by atoms with Crippen molar-refractivity contribution in [3.05, 3.63) is 53.9 Å². The van der Waals surface area contributed by atoms with Crippen molar-refractivity contribution < 1.29 is 9.53 Å². The molecule has 3 rings (SSSR count). The summed E-state index contributed by atoms with van der Waals surface area (Å²) in [6.45, 7) is 1.69. The van der Waals surface area contributed by atoms with Gasteiger partial charge in [0, 0.05) is 25.5 Å². The Balaban J connectivity index is 0.00000208. The first-order valence-electron chi connectivity index (χ1n) is 7.93. The van der Waals surface area contributed by atoms with Crippen LogP contribution in [0.2, 0.25) is 0 Å². The molecule has 7 heteroatoms. The van der Waals surface area contributed by atoms with Crippen molar-refractivity contribution in [1.29, 1.82) is 0 Å². The Kier molecular flexibility index (Phi) is 6.78. The number of ether oxygens (including phenoxy) is 1. The van der Waals surface area contributed by atoms with Crippen LogP contribution in [0.5, 0.6) is 0 Å². The number of nitrogens with zero attached hydrogens (tertiary/aromatic N) is 2. The average molecular weight is 351 g/mol. The van der Waals surface area contributed by atoms with E-state index in [0.29, 0.717) is 13.1 Å². The molecule has 1 aromatic heterocycles. The van der Waals surface area contributed by atoms with Crippen LogP contribution in [0.25, 0.3) is 0 Å². The zero-order chi connectivity index (χ0) is 16.1. The lowest BCUT2D eigenvalue weighted by atomic mass is 10.1. The fourth-order valence-corrected chi connectivity index (χ4v) is 2.79. The monoisotopic (exact) mass is 350 g/mol. The highest BCUT2D eigenvalue weighted by Gasteiger charge is 2.29. The topological polar surface area (TPSA) is 82.2 Å². The highest BCUT2D eigenvalue weighted by molar-refractivity contribution is 5.85. The van der Waals surface area contributed by atoms with E-state index in [9.17, 15) is 4.79 Å². The molecule has 2 atom stereocenters. The van der Waals surface area contributed by atoms with Crippen molar-refractivity contribution in [2.45, 2.75) is 38.1 Å². The predicted octanol–water partition coefficient (Wildman–Crippen LogP) is 1.48. The SMILES string of the molecule is Cl.NC[C@H]1CC[C@@H](C(=O)NCc2cccc(Cn3cccn3)c2)O1. The molecule has 2 heterocycles. The number of nitrogens with two attached hydrogens (primary N) is 1. The molecule has 2 aromatic rings. The molecule has 6 nitrogen and oxygen atoms in total. The van der Waals surface area contributed by atoms with Gasteiger partial charge in [0.25, 0.3) is 0 Å². The van der Waals surface area contributed by atoms with E-state index in [1.165, 1.54) is 0 Å². The first kappa shape index (κ1) is 18.4. The summed E-state index contributed by atoms with van der Waals surface area (Å²) in [5.41, 5.74) is 7.79. The minimum atomic E-state index is -0.365. The van der Waals surface area contributed by atoms with Crippen LogP contribution in [-0.4, -0.2) is 34.4 Å². The maximum Gasteiger partial charge on any atom is 0.249 e. The molecule has 1 saturated heterocycles. The minimum Gasteiger partial charge on any atom is -0.364 e. The first-order valence-corrected chi connectivity index (χ1v) is 7.93. The van der Waals surface area contributed by atoms with Crippen molar-refractivity contribution in [2.75, 3.05) is 6.54 Å². The zero-order valence-electron chi connectivity index (χ0n) is 13.4. The second kappa shape index (κ2) is 8.82. The summed E-state index contributed by atoms with van der Waals surface area (Å²) in [4.78, 5) is 12.1. The quantitative estimate of drug-likeness (QED) is 0.826. The molecule has 0 aliphatic carbocycles. The van der Waals surface area contributed by atoms with E-state index >= 15 is 0 Å². The van der Waals surface area contributed by atoms with Gasteiger partial charge in [0.1, 0.15) is 6.10 Å². The van der Waals surface area contributed by atoms with Crippen molar-refractivity contribution in [3.8, 4) is 0 Å². The molecule has 24 heavy (non-hydrogen) atoms. The van der Waals surface area contributed by atoms with Crippen molar-refractivity contribution >= 4 is 18.3 Å². The van der Waals surface area contributed by atoms with Gasteiger partial charge in [-0.25, -0.2) is 0 Å². The lowest BCUT2D eigenvalue weighted by molar-refractivity contribution is -0.132. The van der Waals surface area contributed by atoms with Crippen molar-refractivity contribution in [3.63, 3.8) is 0 Å². The molecule has 0 spiro atoms. The maximum atomic E-state index is 12.1. The normalized spacial score (nSPS) is 19.7. The van der Waals surface area contributed by atoms with Crippen molar-refractivity contribution in [2.24, 2.45) is 5.73 Å². The van der Waals surface area contributed by atoms with Crippen LogP contribution in [0.3, 0.4) is 0 Å². The molecule has 0 saturated carbocycles. The van der Waals surface area contributed by atoms with Crippen LogP contribution in [-0.2, 0) is 22.6 Å². The summed E-state index contributed by atoms with van der Waals surface area (Å²) in [6, 6.07) is 10.0. The number of halogens is 1. The molecule has 1 aliphatic heterocycles. The molecule has 1 fully saturated rings. The van der Waals surface area contributed by atoms with Gasteiger partial charge in [0.2, 0.25) is 5.91 Å². The average Bonchev–Trinajstić information content (AvgIpc) is 3.24. The van der Waals surface area contributed by atoms with Crippen LogP contribution in [0, 0.1) is 0 Å². The Labute approximate surface area is 147 Å². The van der Waals surface area contributed by atoms with Gasteiger partial charge in [0.15, 0.2) is 0 Å². The van der Waals surface area contributed by atoms with Gasteiger partial charge < -0.3 is 15.8 Å². The standard InChI is InChI=1S/C17H22N4O2.ClH/c18-10-15-5-6-16(23-15)17(22)19-11-13-3-1-4-14(9-13)12-21-8-2-7-20-21;/h1-4,7-9,15-16H,5-6,10-12,18H2,(H,19,22);1H/t15-,16+;/m1./s1. The van der Waals surface area contributed by atoms with E-state index < -0.39 is 0 Å². The molecule has 1 amide bonds. The Morgan fingerprint density at radius 1 is 1.33 bits per heavy atom. The number of carbonyl (C=O) groups excluding carboxylic acids is 1. The molecular weight excluding hydrogens is 328 g/mol. The van der Waals surface area contributed by atoms with Gasteiger partial charge in [-0.2, -0.15) is 5.10 Å². The second-order valence-electron chi connectivity index (χ2n) is 5.80. The Hall–Kier alpha value is -1.89. The van der Waals surface area contributed by atoms with Gasteiger partial charge in [-0.1, -0.05) is 24.3 Å². The highest BCUT2D eigenvalue weighted by atomic mass is 35.5. The number of carbonyl (C=O) groups is 1. The summed E-state index contributed by atoms with van der Waals surface area (Å²) in [5.74, 6) is -0.0570. The van der Waals surface area contributed by atoms with E-state index in [1.807, 2.05) is 29.1 Å². The number of hydrogen-bond acceptors (Lipinski definition) is 4. The van der Waals surface area contributed by atoms with Gasteiger partial charge in [0.05, 0.1) is 12.6 Å². The smallest absolute Gasteiger partial charge is 0.249 e. The first-order chi connectivity index (χ1) is 11.2. The molecular formula is C17H23ClN4O2. The number of rotatable bonds is 6.